The normalized spacial score (nSPS) is 14.6. The third kappa shape index (κ3) is 8.62. The van der Waals surface area contributed by atoms with Crippen molar-refractivity contribution in [2.24, 2.45) is 11.3 Å². The molecule has 2 atom stereocenters. The topological polar surface area (TPSA) is 119 Å². The zero-order chi connectivity index (χ0) is 20.9. The van der Waals surface area contributed by atoms with Gasteiger partial charge in [-0.1, -0.05) is 34.6 Å². The molecule has 0 bridgehead atoms. The maximum atomic E-state index is 12.5. The smallest absolute Gasteiger partial charge is 0.349 e. The summed E-state index contributed by atoms with van der Waals surface area (Å²) in [6.45, 7) is 14.5. The minimum absolute atomic E-state index is 0.133. The van der Waals surface area contributed by atoms with Gasteiger partial charge in [0.15, 0.2) is 0 Å². The van der Waals surface area contributed by atoms with Gasteiger partial charge in [-0.2, -0.15) is 0 Å². The fourth-order valence-electron chi connectivity index (χ4n) is 2.16. The summed E-state index contributed by atoms with van der Waals surface area (Å²) in [6, 6.07) is -2.13. The molecule has 8 heteroatoms. The van der Waals surface area contributed by atoms with E-state index in [0.29, 0.717) is 6.42 Å². The number of nitrogens with zero attached hydrogens (tertiary/aromatic N) is 1. The lowest BCUT2D eigenvalue weighted by molar-refractivity contribution is -0.163. The number of imide groups is 1. The molecule has 8 nitrogen and oxygen atoms in total. The summed E-state index contributed by atoms with van der Waals surface area (Å²) in [5.41, 5.74) is -1.17. The monoisotopic (exact) mass is 373 g/mol. The summed E-state index contributed by atoms with van der Waals surface area (Å²) >= 11 is 0. The molecule has 4 N–H and O–H groups in total. The van der Waals surface area contributed by atoms with Crippen LogP contribution in [0.2, 0.25) is 0 Å². The second-order valence-corrected chi connectivity index (χ2v) is 9.12. The average molecular weight is 373 g/mol. The highest BCUT2D eigenvalue weighted by atomic mass is 16.5. The maximum absolute atomic E-state index is 12.5. The van der Waals surface area contributed by atoms with Crippen molar-refractivity contribution in [1.82, 2.24) is 15.7 Å². The van der Waals surface area contributed by atoms with E-state index in [2.05, 4.69) is 10.6 Å². The fraction of sp³-hybridized carbons (Fsp3) is 0.833. The number of rotatable bonds is 6. The Labute approximate surface area is 156 Å². The largest absolute Gasteiger partial charge is 0.383 e. The maximum Gasteiger partial charge on any atom is 0.349 e. The number of aliphatic hydroxyl groups excluding tert-OH is 1. The van der Waals surface area contributed by atoms with E-state index in [1.54, 1.807) is 41.5 Å². The van der Waals surface area contributed by atoms with Gasteiger partial charge in [-0.25, -0.2) is 4.79 Å². The quantitative estimate of drug-likeness (QED) is 0.420. The number of hydroxylamine groups is 2. The zero-order valence-electron chi connectivity index (χ0n) is 17.2. The first-order chi connectivity index (χ1) is 11.6. The molecule has 0 heterocycles. The van der Waals surface area contributed by atoms with Crippen LogP contribution in [0.5, 0.6) is 0 Å². The van der Waals surface area contributed by atoms with Crippen molar-refractivity contribution in [2.75, 3.05) is 0 Å². The second-order valence-electron chi connectivity index (χ2n) is 9.12. The third-order valence-corrected chi connectivity index (χ3v) is 3.60. The molecule has 0 aliphatic rings. The van der Waals surface area contributed by atoms with Gasteiger partial charge in [0.25, 0.3) is 5.91 Å². The summed E-state index contributed by atoms with van der Waals surface area (Å²) < 4.78 is 0. The molecule has 0 aliphatic carbocycles. The minimum Gasteiger partial charge on any atom is -0.383 e. The first kappa shape index (κ1) is 24.3. The van der Waals surface area contributed by atoms with Crippen molar-refractivity contribution in [3.63, 3.8) is 0 Å². The third-order valence-electron chi connectivity index (χ3n) is 3.60. The predicted octanol–water partition coefficient (Wildman–Crippen LogP) is 2.04. The number of amides is 4. The highest BCUT2D eigenvalue weighted by Gasteiger charge is 2.37. The zero-order valence-corrected chi connectivity index (χ0v) is 17.2. The average Bonchev–Trinajstić information content (AvgIpc) is 2.45. The molecular formula is C18H35N3O5. The van der Waals surface area contributed by atoms with Crippen molar-refractivity contribution in [3.05, 3.63) is 0 Å². The van der Waals surface area contributed by atoms with Crippen LogP contribution in [0, 0.1) is 11.3 Å². The minimum atomic E-state index is -1.48. The molecular weight excluding hydrogens is 338 g/mol. The highest BCUT2D eigenvalue weighted by Crippen LogP contribution is 2.20. The van der Waals surface area contributed by atoms with E-state index in [9.17, 15) is 24.7 Å². The van der Waals surface area contributed by atoms with Crippen LogP contribution in [0.15, 0.2) is 0 Å². The van der Waals surface area contributed by atoms with Gasteiger partial charge < -0.3 is 15.7 Å². The van der Waals surface area contributed by atoms with Gasteiger partial charge in [0.1, 0.15) is 12.1 Å². The Hall–Kier alpha value is -1.67. The first-order valence-corrected chi connectivity index (χ1v) is 8.89. The van der Waals surface area contributed by atoms with Crippen LogP contribution in [0.25, 0.3) is 0 Å². The van der Waals surface area contributed by atoms with Crippen molar-refractivity contribution >= 4 is 17.8 Å². The van der Waals surface area contributed by atoms with E-state index in [4.69, 9.17) is 0 Å². The lowest BCUT2D eigenvalue weighted by Crippen LogP contribution is -2.59. The second kappa shape index (κ2) is 9.32. The number of hydrogen-bond acceptors (Lipinski definition) is 5. The Morgan fingerprint density at radius 3 is 1.88 bits per heavy atom. The molecule has 0 rings (SSSR count). The number of carbonyl (C=O) groups is 3. The molecule has 0 aromatic carbocycles. The van der Waals surface area contributed by atoms with Gasteiger partial charge >= 0.3 is 6.03 Å². The molecule has 0 spiro atoms. The summed E-state index contributed by atoms with van der Waals surface area (Å²) in [5.74, 6) is -1.28. The van der Waals surface area contributed by atoms with Gasteiger partial charge in [-0.05, 0) is 44.9 Å². The van der Waals surface area contributed by atoms with Gasteiger partial charge in [0.05, 0.1) is 0 Å². The Balaban J connectivity index is 5.08. The number of nitrogens with one attached hydrogen (secondary N) is 2. The lowest BCUT2D eigenvalue weighted by atomic mass is 9.85. The summed E-state index contributed by atoms with van der Waals surface area (Å²) in [6.07, 6.45) is -0.778. The molecule has 0 aliphatic heterocycles. The fourth-order valence-corrected chi connectivity index (χ4v) is 2.16. The molecule has 0 aromatic heterocycles. The van der Waals surface area contributed by atoms with Gasteiger partial charge in [-0.3, -0.25) is 14.8 Å². The standard InChI is InChI=1S/C18H35N3O5/c1-11(2)9-10-12(22)15(24)21(26)16(25)19-13(17(3,4)5)14(23)20-18(6,7)8/h11-13,22,26H,9-10H2,1-8H3,(H,19,25)(H,20,23)/t12-,13?/m0/s1. The van der Waals surface area contributed by atoms with E-state index in [1.165, 1.54) is 0 Å². The van der Waals surface area contributed by atoms with E-state index in [1.807, 2.05) is 13.8 Å². The molecule has 0 saturated carbocycles. The van der Waals surface area contributed by atoms with E-state index < -0.39 is 40.9 Å². The molecule has 0 fully saturated rings. The Bertz CT molecular complexity index is 506. The lowest BCUT2D eigenvalue weighted by Gasteiger charge is -2.33. The van der Waals surface area contributed by atoms with Crippen LogP contribution >= 0.6 is 0 Å². The number of carbonyl (C=O) groups excluding carboxylic acids is 3. The summed E-state index contributed by atoms with van der Waals surface area (Å²) in [5, 5.41) is 24.6. The highest BCUT2D eigenvalue weighted by molar-refractivity contribution is 5.97. The predicted molar refractivity (Wildman–Crippen MR) is 98.4 cm³/mol. The first-order valence-electron chi connectivity index (χ1n) is 8.89. The van der Waals surface area contributed by atoms with E-state index in [0.717, 1.165) is 0 Å². The van der Waals surface area contributed by atoms with Crippen LogP contribution in [0.3, 0.4) is 0 Å². The van der Waals surface area contributed by atoms with Crippen LogP contribution < -0.4 is 10.6 Å². The van der Waals surface area contributed by atoms with Crippen LogP contribution in [-0.4, -0.2) is 50.9 Å². The molecule has 0 aromatic rings. The number of hydrogen-bond donors (Lipinski definition) is 4. The van der Waals surface area contributed by atoms with Gasteiger partial charge in [0, 0.05) is 5.54 Å². The molecule has 0 saturated heterocycles. The SMILES string of the molecule is CC(C)CC[C@H](O)C(=O)N(O)C(=O)NC(C(=O)NC(C)(C)C)C(C)(C)C. The van der Waals surface area contributed by atoms with Gasteiger partial charge in [0.2, 0.25) is 5.91 Å². The summed E-state index contributed by atoms with van der Waals surface area (Å²) in [7, 11) is 0. The van der Waals surface area contributed by atoms with Crippen LogP contribution in [0.1, 0.15) is 68.2 Å². The molecule has 1 unspecified atom stereocenters. The van der Waals surface area contributed by atoms with Crippen molar-refractivity contribution < 1.29 is 24.7 Å². The molecule has 4 amide bonds. The van der Waals surface area contributed by atoms with E-state index in [-0.39, 0.29) is 17.4 Å². The Morgan fingerprint density at radius 1 is 1.00 bits per heavy atom. The van der Waals surface area contributed by atoms with Crippen LogP contribution in [0.4, 0.5) is 4.79 Å². The van der Waals surface area contributed by atoms with Gasteiger partial charge in [-0.15, -0.1) is 5.06 Å². The van der Waals surface area contributed by atoms with Crippen molar-refractivity contribution in [3.8, 4) is 0 Å². The molecule has 152 valence electrons. The van der Waals surface area contributed by atoms with Crippen molar-refractivity contribution in [2.45, 2.75) is 85.9 Å². The molecule has 0 radical (unpaired) electrons. The van der Waals surface area contributed by atoms with Crippen molar-refractivity contribution in [1.29, 1.82) is 0 Å². The molecule has 26 heavy (non-hydrogen) atoms. The Kier molecular flexibility index (Phi) is 8.72. The number of aliphatic hydroxyl groups is 1. The van der Waals surface area contributed by atoms with E-state index >= 15 is 0 Å². The number of urea groups is 1. The van der Waals surface area contributed by atoms with Crippen LogP contribution in [-0.2, 0) is 9.59 Å². The Morgan fingerprint density at radius 2 is 1.50 bits per heavy atom. The summed E-state index contributed by atoms with van der Waals surface area (Å²) in [4.78, 5) is 36.7.